The molecule has 0 aromatic heterocycles. The van der Waals surface area contributed by atoms with Gasteiger partial charge in [-0.05, 0) is 57.9 Å². The lowest BCUT2D eigenvalue weighted by Crippen LogP contribution is -2.54. The molecule has 1 atom stereocenters. The lowest BCUT2D eigenvalue weighted by atomic mass is 10.2. The lowest BCUT2D eigenvalue weighted by molar-refractivity contribution is -0.125. The summed E-state index contributed by atoms with van der Waals surface area (Å²) in [5, 5.41) is 10.0. The first-order valence-electron chi connectivity index (χ1n) is 8.17. The van der Waals surface area contributed by atoms with E-state index in [1.54, 1.807) is 20.8 Å². The number of likely N-dealkylation sites (tertiary alicyclic amines) is 1. The second-order valence-electron chi connectivity index (χ2n) is 6.90. The Balaban J connectivity index is 2.23. The van der Waals surface area contributed by atoms with Crippen molar-refractivity contribution in [2.75, 3.05) is 11.6 Å². The van der Waals surface area contributed by atoms with Crippen molar-refractivity contribution in [3.8, 4) is 0 Å². The van der Waals surface area contributed by atoms with Gasteiger partial charge < -0.3 is 9.84 Å². The highest BCUT2D eigenvalue weighted by Gasteiger charge is 2.36. The molecule has 9 heteroatoms. The molecule has 0 spiro atoms. The van der Waals surface area contributed by atoms with Gasteiger partial charge in [0.25, 0.3) is 5.91 Å². The van der Waals surface area contributed by atoms with Crippen LogP contribution in [-0.2, 0) is 9.53 Å². The van der Waals surface area contributed by atoms with Crippen LogP contribution in [0.4, 0.5) is 19.7 Å². The van der Waals surface area contributed by atoms with Crippen molar-refractivity contribution < 1.29 is 28.6 Å². The van der Waals surface area contributed by atoms with Crippen LogP contribution in [0.1, 0.15) is 33.6 Å². The predicted molar refractivity (Wildman–Crippen MR) is 91.0 cm³/mol. The normalized spacial score (nSPS) is 16.9. The van der Waals surface area contributed by atoms with E-state index in [0.29, 0.717) is 12.8 Å². The quantitative estimate of drug-likeness (QED) is 0.783. The zero-order valence-corrected chi connectivity index (χ0v) is 14.9. The Morgan fingerprint density at radius 1 is 1.27 bits per heavy atom. The number of hydrogen-bond donors (Lipinski definition) is 2. The average molecular weight is 367 g/mol. The van der Waals surface area contributed by atoms with Crippen LogP contribution in [0.2, 0.25) is 0 Å². The maximum atomic E-state index is 13.2. The van der Waals surface area contributed by atoms with Gasteiger partial charge in [-0.3, -0.25) is 15.1 Å². The molecule has 1 aromatic rings. The molecule has 1 aromatic carbocycles. The third-order valence-corrected chi connectivity index (χ3v) is 3.68. The highest BCUT2D eigenvalue weighted by Crippen LogP contribution is 2.20. The summed E-state index contributed by atoms with van der Waals surface area (Å²) >= 11 is 0. The van der Waals surface area contributed by atoms with Crippen molar-refractivity contribution in [2.45, 2.75) is 45.3 Å². The summed E-state index contributed by atoms with van der Waals surface area (Å²) in [4.78, 5) is 37.3. The van der Waals surface area contributed by atoms with Crippen molar-refractivity contribution in [1.29, 1.82) is 0 Å². The van der Waals surface area contributed by atoms with E-state index >= 15 is 0 Å². The molecule has 0 saturated carbocycles. The van der Waals surface area contributed by atoms with E-state index < -0.39 is 35.6 Å². The number of halogens is 1. The Morgan fingerprint density at radius 2 is 1.88 bits per heavy atom. The fraction of sp³-hybridized carbons (Fsp3) is 0.471. The number of anilines is 1. The Labute approximate surface area is 150 Å². The molecule has 0 bridgehead atoms. The predicted octanol–water partition coefficient (Wildman–Crippen LogP) is 2.74. The van der Waals surface area contributed by atoms with Gasteiger partial charge in [0.15, 0.2) is 0 Å². The molecule has 2 rings (SSSR count). The van der Waals surface area contributed by atoms with Gasteiger partial charge in [-0.1, -0.05) is 0 Å². The Morgan fingerprint density at radius 3 is 2.42 bits per heavy atom. The van der Waals surface area contributed by atoms with Gasteiger partial charge >= 0.3 is 12.2 Å². The smallest absolute Gasteiger partial charge is 0.434 e. The van der Waals surface area contributed by atoms with Gasteiger partial charge in [0.05, 0.1) is 5.69 Å². The van der Waals surface area contributed by atoms with E-state index in [1.807, 2.05) is 0 Å². The number of nitrogens with one attached hydrogen (secondary N) is 1. The summed E-state index contributed by atoms with van der Waals surface area (Å²) < 4.78 is 18.4. The van der Waals surface area contributed by atoms with Gasteiger partial charge in [0, 0.05) is 6.54 Å². The number of hydrazine groups is 1. The minimum Gasteiger partial charge on any atom is -0.465 e. The molecule has 0 aliphatic carbocycles. The van der Waals surface area contributed by atoms with E-state index in [4.69, 9.17) is 4.74 Å². The average Bonchev–Trinajstić information content (AvgIpc) is 3.01. The molecule has 1 unspecified atom stereocenters. The lowest BCUT2D eigenvalue weighted by Gasteiger charge is -2.29. The second-order valence-corrected chi connectivity index (χ2v) is 6.90. The minimum atomic E-state index is -1.20. The van der Waals surface area contributed by atoms with E-state index in [2.05, 4.69) is 5.43 Å². The van der Waals surface area contributed by atoms with Crippen molar-refractivity contribution >= 4 is 23.8 Å². The van der Waals surface area contributed by atoms with Crippen LogP contribution in [0.5, 0.6) is 0 Å². The van der Waals surface area contributed by atoms with Gasteiger partial charge in [-0.2, -0.15) is 5.01 Å². The summed E-state index contributed by atoms with van der Waals surface area (Å²) in [6.45, 7) is 5.24. The first-order valence-corrected chi connectivity index (χ1v) is 8.17. The monoisotopic (exact) mass is 367 g/mol. The molecular weight excluding hydrogens is 345 g/mol. The zero-order chi connectivity index (χ0) is 19.5. The van der Waals surface area contributed by atoms with Gasteiger partial charge in [-0.25, -0.2) is 14.0 Å². The molecule has 2 N–H and O–H groups in total. The molecule has 26 heavy (non-hydrogen) atoms. The molecule has 1 fully saturated rings. The van der Waals surface area contributed by atoms with Gasteiger partial charge in [0.2, 0.25) is 0 Å². The van der Waals surface area contributed by atoms with Gasteiger partial charge in [0.1, 0.15) is 17.5 Å². The van der Waals surface area contributed by atoms with E-state index in [1.165, 1.54) is 12.1 Å². The molecule has 1 aliphatic rings. The molecule has 1 aliphatic heterocycles. The number of carboxylic acid groups (broad SMARTS) is 1. The maximum Gasteiger partial charge on any atom is 0.434 e. The number of carbonyl (C=O) groups excluding carboxylic acids is 2. The molecular formula is C17H22FN3O5. The van der Waals surface area contributed by atoms with Crippen LogP contribution in [0, 0.1) is 5.82 Å². The summed E-state index contributed by atoms with van der Waals surface area (Å²) in [5.74, 6) is -1.16. The number of nitrogens with zero attached hydrogens (tertiary/aromatic N) is 2. The zero-order valence-electron chi connectivity index (χ0n) is 14.9. The van der Waals surface area contributed by atoms with Gasteiger partial charge in [-0.15, -0.1) is 0 Å². The molecule has 8 nitrogen and oxygen atoms in total. The Kier molecular flexibility index (Phi) is 5.69. The third-order valence-electron chi connectivity index (χ3n) is 3.68. The number of benzene rings is 1. The summed E-state index contributed by atoms with van der Waals surface area (Å²) in [5.41, 5.74) is 1.76. The molecule has 142 valence electrons. The number of carbonyl (C=O) groups is 3. The third kappa shape index (κ3) is 4.84. The summed E-state index contributed by atoms with van der Waals surface area (Å²) in [7, 11) is 0. The minimum absolute atomic E-state index is 0.189. The highest BCUT2D eigenvalue weighted by molar-refractivity contribution is 5.94. The van der Waals surface area contributed by atoms with Crippen molar-refractivity contribution in [1.82, 2.24) is 10.3 Å². The Hall–Kier alpha value is -2.84. The van der Waals surface area contributed by atoms with E-state index in [9.17, 15) is 23.9 Å². The topological polar surface area (TPSA) is 99.2 Å². The molecule has 0 radical (unpaired) electrons. The fourth-order valence-electron chi connectivity index (χ4n) is 2.57. The largest absolute Gasteiger partial charge is 0.465 e. The van der Waals surface area contributed by atoms with Crippen molar-refractivity contribution in [2.24, 2.45) is 0 Å². The highest BCUT2D eigenvalue weighted by atomic mass is 19.1. The SMILES string of the molecule is CC(C)(C)OC(=O)N(NC(=O)C1CCCN1C(=O)O)c1ccc(F)cc1. The van der Waals surface area contributed by atoms with Crippen LogP contribution in [0.3, 0.4) is 0 Å². The van der Waals surface area contributed by atoms with E-state index in [0.717, 1.165) is 22.0 Å². The van der Waals surface area contributed by atoms with Crippen LogP contribution < -0.4 is 10.4 Å². The second kappa shape index (κ2) is 7.59. The van der Waals surface area contributed by atoms with E-state index in [-0.39, 0.29) is 12.2 Å². The standard InChI is InChI=1S/C17H22FN3O5/c1-17(2,3)26-16(25)21(12-8-6-11(18)7-9-12)19-14(22)13-5-4-10-20(13)15(23)24/h6-9,13H,4-5,10H2,1-3H3,(H,19,22)(H,23,24). The molecule has 1 heterocycles. The molecule has 1 saturated heterocycles. The Bertz CT molecular complexity index is 687. The van der Waals surface area contributed by atoms with Crippen LogP contribution >= 0.6 is 0 Å². The maximum absolute atomic E-state index is 13.2. The summed E-state index contributed by atoms with van der Waals surface area (Å²) in [6, 6.07) is 3.99. The van der Waals surface area contributed by atoms with Crippen LogP contribution in [0.15, 0.2) is 24.3 Å². The fourth-order valence-corrected chi connectivity index (χ4v) is 2.57. The number of amides is 3. The van der Waals surface area contributed by atoms with Crippen LogP contribution in [0.25, 0.3) is 0 Å². The number of hydrogen-bond acceptors (Lipinski definition) is 4. The summed E-state index contributed by atoms with van der Waals surface area (Å²) in [6.07, 6.45) is -1.16. The first kappa shape index (κ1) is 19.5. The number of ether oxygens (including phenoxy) is 1. The van der Waals surface area contributed by atoms with Crippen LogP contribution in [-0.4, -0.2) is 46.3 Å². The van der Waals surface area contributed by atoms with Crippen molar-refractivity contribution in [3.63, 3.8) is 0 Å². The molecule has 3 amide bonds. The number of rotatable bonds is 2. The first-order chi connectivity index (χ1) is 12.1. The van der Waals surface area contributed by atoms with Crippen molar-refractivity contribution in [3.05, 3.63) is 30.1 Å².